The molecular formula is C50H44N8O3. The number of benzene rings is 6. The van der Waals surface area contributed by atoms with Gasteiger partial charge in [-0.05, 0) is 72.1 Å². The molecule has 0 saturated heterocycles. The van der Waals surface area contributed by atoms with E-state index in [1.54, 1.807) is 53.8 Å². The lowest BCUT2D eigenvalue weighted by atomic mass is 10.1. The molecule has 0 radical (unpaired) electrons. The molecule has 0 amide bonds. The average molecular weight is 805 g/mol. The van der Waals surface area contributed by atoms with Crippen LogP contribution in [0, 0.1) is 6.92 Å². The lowest BCUT2D eigenvalue weighted by Crippen LogP contribution is -2.13. The lowest BCUT2D eigenvalue weighted by molar-refractivity contribution is 0.373. The molecule has 0 saturated carbocycles. The van der Waals surface area contributed by atoms with Crippen LogP contribution in [0.3, 0.4) is 0 Å². The number of hydrazone groups is 2. The number of phenolic OH excluding ortho intramolecular Hbond substituents is 2. The largest absolute Gasteiger partial charge is 0.508 e. The third kappa shape index (κ3) is 10.7. The van der Waals surface area contributed by atoms with Crippen LogP contribution in [0.2, 0.25) is 0 Å². The molecule has 11 heteroatoms. The smallest absolute Gasteiger partial charge is 0.247 e. The van der Waals surface area contributed by atoms with Crippen molar-refractivity contribution in [3.05, 3.63) is 187 Å². The standard InChI is InChI=1S/C25H22N4O2.C25H22N4O/c1-29(26-17-18-13-14-23(30)24(15-18)31-2)25-27-21(19-9-5-3-6-10-19)16-22(28-25)20-11-7-4-8-12-20;1-18-15-19(13-14-24(18)30)17-26-29(2)25-27-22(20-9-5-3-6-10-20)16-23(28-25)21-11-7-4-8-12-21/h3-17,30H,1-2H3;3-17,30H,1-2H3/b2*26-17-. The van der Waals surface area contributed by atoms with E-state index in [1.807, 2.05) is 160 Å². The highest BCUT2D eigenvalue weighted by molar-refractivity contribution is 5.82. The van der Waals surface area contributed by atoms with Crippen LogP contribution in [0.1, 0.15) is 16.7 Å². The van der Waals surface area contributed by atoms with Gasteiger partial charge in [0.05, 0.1) is 42.3 Å². The predicted octanol–water partition coefficient (Wildman–Crippen LogP) is 10.3. The van der Waals surface area contributed by atoms with Crippen molar-refractivity contribution in [2.75, 3.05) is 31.2 Å². The number of rotatable bonds is 11. The fourth-order valence-corrected chi connectivity index (χ4v) is 6.13. The molecule has 0 aliphatic heterocycles. The second-order valence-electron chi connectivity index (χ2n) is 13.9. The van der Waals surface area contributed by atoms with Gasteiger partial charge >= 0.3 is 0 Å². The molecule has 2 heterocycles. The second-order valence-corrected chi connectivity index (χ2v) is 13.9. The zero-order valence-electron chi connectivity index (χ0n) is 34.2. The van der Waals surface area contributed by atoms with E-state index in [9.17, 15) is 10.2 Å². The second kappa shape index (κ2) is 19.5. The number of methoxy groups -OCH3 is 1. The summed E-state index contributed by atoms with van der Waals surface area (Å²) in [5.74, 6) is 1.72. The van der Waals surface area contributed by atoms with Gasteiger partial charge in [0, 0.05) is 36.3 Å². The van der Waals surface area contributed by atoms with Crippen LogP contribution in [0.5, 0.6) is 17.2 Å². The summed E-state index contributed by atoms with van der Waals surface area (Å²) in [6.07, 6.45) is 3.40. The lowest BCUT2D eigenvalue weighted by Gasteiger charge is -2.14. The molecule has 0 bridgehead atoms. The summed E-state index contributed by atoms with van der Waals surface area (Å²) < 4.78 is 5.16. The van der Waals surface area contributed by atoms with Gasteiger partial charge in [0.15, 0.2) is 11.5 Å². The highest BCUT2D eigenvalue weighted by Crippen LogP contribution is 2.29. The summed E-state index contributed by atoms with van der Waals surface area (Å²) in [6, 6.07) is 54.4. The van der Waals surface area contributed by atoms with Gasteiger partial charge in [-0.15, -0.1) is 0 Å². The van der Waals surface area contributed by atoms with Crippen LogP contribution in [0.15, 0.2) is 180 Å². The van der Waals surface area contributed by atoms with E-state index in [1.165, 1.54) is 7.11 Å². The molecule has 0 fully saturated rings. The first-order valence-corrected chi connectivity index (χ1v) is 19.5. The molecule has 8 aromatic rings. The quantitative estimate of drug-likeness (QED) is 0.0968. The Kier molecular flexibility index (Phi) is 13.1. The zero-order chi connectivity index (χ0) is 42.6. The van der Waals surface area contributed by atoms with Crippen molar-refractivity contribution in [1.82, 2.24) is 19.9 Å². The predicted molar refractivity (Wildman–Crippen MR) is 245 cm³/mol. The molecule has 11 nitrogen and oxygen atoms in total. The van der Waals surface area contributed by atoms with Gasteiger partial charge in [-0.25, -0.2) is 30.0 Å². The van der Waals surface area contributed by atoms with Crippen molar-refractivity contribution in [2.45, 2.75) is 6.92 Å². The summed E-state index contributed by atoms with van der Waals surface area (Å²) in [5, 5.41) is 31.7. The monoisotopic (exact) mass is 804 g/mol. The molecule has 2 aromatic heterocycles. The summed E-state index contributed by atoms with van der Waals surface area (Å²) in [5.41, 5.74) is 9.82. The molecule has 0 aliphatic carbocycles. The van der Waals surface area contributed by atoms with E-state index >= 15 is 0 Å². The van der Waals surface area contributed by atoms with Crippen LogP contribution < -0.4 is 14.8 Å². The van der Waals surface area contributed by atoms with Gasteiger partial charge in [-0.1, -0.05) is 121 Å². The van der Waals surface area contributed by atoms with Gasteiger partial charge in [0.2, 0.25) is 11.9 Å². The molecule has 2 N–H and O–H groups in total. The Morgan fingerprint density at radius 2 is 0.803 bits per heavy atom. The molecule has 8 rings (SSSR count). The van der Waals surface area contributed by atoms with Crippen molar-refractivity contribution in [3.63, 3.8) is 0 Å². The number of hydrogen-bond acceptors (Lipinski definition) is 11. The van der Waals surface area contributed by atoms with Crippen LogP contribution in [0.25, 0.3) is 45.0 Å². The molecular weight excluding hydrogens is 761 g/mol. The third-order valence-corrected chi connectivity index (χ3v) is 9.47. The Labute approximate surface area is 355 Å². The Morgan fingerprint density at radius 3 is 1.15 bits per heavy atom. The first-order chi connectivity index (χ1) is 29.7. The van der Waals surface area contributed by atoms with Crippen molar-refractivity contribution in [2.24, 2.45) is 10.2 Å². The average Bonchev–Trinajstić information content (AvgIpc) is 3.32. The number of hydrogen-bond donors (Lipinski definition) is 2. The summed E-state index contributed by atoms with van der Waals surface area (Å²) in [4.78, 5) is 18.9. The van der Waals surface area contributed by atoms with Crippen LogP contribution >= 0.6 is 0 Å². The normalized spacial score (nSPS) is 11.0. The number of phenols is 2. The van der Waals surface area contributed by atoms with Crippen molar-refractivity contribution < 1.29 is 14.9 Å². The van der Waals surface area contributed by atoms with E-state index in [-0.39, 0.29) is 11.5 Å². The number of aromatic nitrogens is 4. The molecule has 0 aliphatic rings. The maximum absolute atomic E-state index is 9.77. The summed E-state index contributed by atoms with van der Waals surface area (Å²) >= 11 is 0. The Balaban J connectivity index is 0.000000184. The minimum absolute atomic E-state index is 0.0828. The zero-order valence-corrected chi connectivity index (χ0v) is 34.2. The van der Waals surface area contributed by atoms with Crippen molar-refractivity contribution in [1.29, 1.82) is 0 Å². The SMILES string of the molecule is COc1cc(/C=N\N(C)c2nc(-c3ccccc3)cc(-c3ccccc3)n2)ccc1O.Cc1cc(/C=N\N(C)c2nc(-c3ccccc3)cc(-c3ccccc3)n2)ccc1O. The van der Waals surface area contributed by atoms with E-state index in [0.717, 1.165) is 61.7 Å². The Hall–Kier alpha value is -8.18. The highest BCUT2D eigenvalue weighted by Gasteiger charge is 2.13. The van der Waals surface area contributed by atoms with Crippen LogP contribution in [-0.4, -0.2) is 63.8 Å². The molecule has 6 aromatic carbocycles. The minimum Gasteiger partial charge on any atom is -0.508 e. The van der Waals surface area contributed by atoms with E-state index in [4.69, 9.17) is 24.7 Å². The molecule has 0 spiro atoms. The molecule has 0 atom stereocenters. The van der Waals surface area contributed by atoms with E-state index in [0.29, 0.717) is 17.6 Å². The number of anilines is 2. The summed E-state index contributed by atoms with van der Waals surface area (Å²) in [6.45, 7) is 1.86. The third-order valence-electron chi connectivity index (χ3n) is 9.47. The van der Waals surface area contributed by atoms with Crippen molar-refractivity contribution >= 4 is 24.3 Å². The molecule has 0 unspecified atom stereocenters. The first-order valence-electron chi connectivity index (χ1n) is 19.5. The number of ether oxygens (including phenoxy) is 1. The number of nitrogens with zero attached hydrogens (tertiary/aromatic N) is 8. The van der Waals surface area contributed by atoms with Crippen molar-refractivity contribution in [3.8, 4) is 62.3 Å². The topological polar surface area (TPSA) is 132 Å². The van der Waals surface area contributed by atoms with Gasteiger partial charge in [-0.3, -0.25) is 0 Å². The minimum atomic E-state index is 0.0828. The van der Waals surface area contributed by atoms with Crippen LogP contribution in [0.4, 0.5) is 11.9 Å². The molecule has 302 valence electrons. The first kappa shape index (κ1) is 41.0. The maximum atomic E-state index is 9.77. The fourth-order valence-electron chi connectivity index (χ4n) is 6.13. The Morgan fingerprint density at radius 1 is 0.459 bits per heavy atom. The number of aromatic hydroxyl groups is 2. The van der Waals surface area contributed by atoms with E-state index < -0.39 is 0 Å². The van der Waals surface area contributed by atoms with Gasteiger partial charge in [0.25, 0.3) is 0 Å². The fraction of sp³-hybridized carbons (Fsp3) is 0.0800. The molecule has 61 heavy (non-hydrogen) atoms. The Bertz CT molecular complexity index is 2640. The van der Waals surface area contributed by atoms with Gasteiger partial charge < -0.3 is 14.9 Å². The summed E-state index contributed by atoms with van der Waals surface area (Å²) in [7, 11) is 5.13. The highest BCUT2D eigenvalue weighted by atomic mass is 16.5. The van der Waals surface area contributed by atoms with E-state index in [2.05, 4.69) is 10.2 Å². The number of aryl methyl sites for hydroxylation is 1. The van der Waals surface area contributed by atoms with Gasteiger partial charge in [-0.2, -0.15) is 10.2 Å². The van der Waals surface area contributed by atoms with Gasteiger partial charge in [0.1, 0.15) is 5.75 Å². The maximum Gasteiger partial charge on any atom is 0.247 e. The van der Waals surface area contributed by atoms with Crippen LogP contribution in [-0.2, 0) is 0 Å².